The van der Waals surface area contributed by atoms with E-state index in [1.165, 1.54) is 5.56 Å². The van der Waals surface area contributed by atoms with E-state index in [9.17, 15) is 0 Å². The Morgan fingerprint density at radius 1 is 0.952 bits per heavy atom. The van der Waals surface area contributed by atoms with Gasteiger partial charge in [-0.05, 0) is 31.7 Å². The van der Waals surface area contributed by atoms with E-state index < -0.39 is 0 Å². The number of nitrogens with zero attached hydrogens (tertiary/aromatic N) is 3. The van der Waals surface area contributed by atoms with E-state index >= 15 is 0 Å². The van der Waals surface area contributed by atoms with Crippen LogP contribution in [0.5, 0.6) is 0 Å². The van der Waals surface area contributed by atoms with Crippen LogP contribution in [0.4, 0.5) is 0 Å². The van der Waals surface area contributed by atoms with E-state index in [0.717, 1.165) is 17.2 Å². The van der Waals surface area contributed by atoms with Gasteiger partial charge in [0.05, 0.1) is 5.33 Å². The second-order valence-electron chi connectivity index (χ2n) is 7.41. The summed E-state index contributed by atoms with van der Waals surface area (Å²) < 4.78 is 2.20. The van der Waals surface area contributed by atoms with Crippen molar-refractivity contribution in [3.63, 3.8) is 0 Å². The summed E-state index contributed by atoms with van der Waals surface area (Å²) in [5.74, 6) is 1.88. The molecule has 0 unspecified atom stereocenters. The van der Waals surface area contributed by atoms with Crippen LogP contribution in [0, 0.1) is 0 Å². The van der Waals surface area contributed by atoms with E-state index in [1.54, 1.807) is 0 Å². The first-order valence-electron chi connectivity index (χ1n) is 7.26. The number of hydrogen-bond acceptors (Lipinski definition) is 2. The van der Waals surface area contributed by atoms with Gasteiger partial charge in [0.25, 0.3) is 0 Å². The molecule has 3 nitrogen and oxygen atoms in total. The van der Waals surface area contributed by atoms with Gasteiger partial charge in [0, 0.05) is 11.1 Å². The summed E-state index contributed by atoms with van der Waals surface area (Å²) in [6.07, 6.45) is 0. The Balaban J connectivity index is 2.50. The molecule has 0 radical (unpaired) electrons. The Hall–Kier alpha value is -1.16. The monoisotopic (exact) mass is 349 g/mol. The summed E-state index contributed by atoms with van der Waals surface area (Å²) in [7, 11) is 0. The van der Waals surface area contributed by atoms with Crippen molar-refractivity contribution in [2.24, 2.45) is 0 Å². The molecule has 0 aliphatic rings. The molecule has 1 heterocycles. The molecule has 0 aliphatic carbocycles. The average Bonchev–Trinajstić information content (AvgIpc) is 2.81. The molecule has 21 heavy (non-hydrogen) atoms. The minimum atomic E-state index is -0.0510. The number of aromatic nitrogens is 3. The number of benzene rings is 1. The van der Waals surface area contributed by atoms with Gasteiger partial charge in [-0.1, -0.05) is 61.0 Å². The van der Waals surface area contributed by atoms with Crippen LogP contribution in [0.1, 0.15) is 52.9 Å². The minimum Gasteiger partial charge on any atom is -0.305 e. The average molecular weight is 350 g/mol. The first-order chi connectivity index (χ1) is 9.64. The Labute approximate surface area is 135 Å². The van der Waals surface area contributed by atoms with Crippen molar-refractivity contribution in [1.29, 1.82) is 0 Å². The second-order valence-corrected chi connectivity index (χ2v) is 7.97. The van der Waals surface area contributed by atoms with E-state index in [-0.39, 0.29) is 11.0 Å². The first-order valence-corrected chi connectivity index (χ1v) is 8.38. The quantitative estimate of drug-likeness (QED) is 0.722. The minimum absolute atomic E-state index is 0.0510. The zero-order valence-electron chi connectivity index (χ0n) is 13.7. The van der Waals surface area contributed by atoms with Crippen molar-refractivity contribution in [2.75, 3.05) is 0 Å². The Bertz CT molecular complexity index is 613. The highest BCUT2D eigenvalue weighted by molar-refractivity contribution is 9.08. The molecule has 0 bridgehead atoms. The van der Waals surface area contributed by atoms with Gasteiger partial charge in [-0.15, -0.1) is 10.2 Å². The molecule has 2 aromatic rings. The maximum atomic E-state index is 4.40. The molecule has 0 aliphatic heterocycles. The van der Waals surface area contributed by atoms with E-state index in [4.69, 9.17) is 0 Å². The van der Waals surface area contributed by atoms with Crippen LogP contribution in [0.25, 0.3) is 11.4 Å². The van der Waals surface area contributed by atoms with Crippen molar-refractivity contribution in [3.8, 4) is 11.4 Å². The van der Waals surface area contributed by atoms with Crippen molar-refractivity contribution < 1.29 is 0 Å². The lowest BCUT2D eigenvalue weighted by Crippen LogP contribution is -2.24. The van der Waals surface area contributed by atoms with Gasteiger partial charge >= 0.3 is 0 Å². The molecule has 1 aromatic heterocycles. The SMILES string of the molecule is CC(C)(C)c1ccc(-c2nnc(CBr)n2C(C)(C)C)cc1. The van der Waals surface area contributed by atoms with E-state index in [1.807, 2.05) is 0 Å². The fourth-order valence-electron chi connectivity index (χ4n) is 2.41. The van der Waals surface area contributed by atoms with Crippen molar-refractivity contribution in [1.82, 2.24) is 14.8 Å². The molecular weight excluding hydrogens is 326 g/mol. The van der Waals surface area contributed by atoms with Gasteiger partial charge in [0.1, 0.15) is 5.82 Å². The highest BCUT2D eigenvalue weighted by Gasteiger charge is 2.23. The highest BCUT2D eigenvalue weighted by Crippen LogP contribution is 2.29. The predicted octanol–water partition coefficient (Wildman–Crippen LogP) is 4.89. The normalized spacial score (nSPS) is 12.7. The molecule has 0 amide bonds. The van der Waals surface area contributed by atoms with E-state index in [0.29, 0.717) is 5.33 Å². The van der Waals surface area contributed by atoms with Crippen molar-refractivity contribution >= 4 is 15.9 Å². The van der Waals surface area contributed by atoms with Crippen LogP contribution < -0.4 is 0 Å². The summed E-state index contributed by atoms with van der Waals surface area (Å²) >= 11 is 3.50. The van der Waals surface area contributed by atoms with Crippen LogP contribution in [0.2, 0.25) is 0 Å². The van der Waals surface area contributed by atoms with E-state index in [2.05, 4.69) is 96.5 Å². The van der Waals surface area contributed by atoms with Crippen LogP contribution in [-0.4, -0.2) is 14.8 Å². The molecule has 2 rings (SSSR count). The molecule has 0 N–H and O–H groups in total. The van der Waals surface area contributed by atoms with Gasteiger partial charge in [-0.2, -0.15) is 0 Å². The van der Waals surface area contributed by atoms with Crippen LogP contribution in [-0.2, 0) is 16.3 Å². The maximum Gasteiger partial charge on any atom is 0.164 e. The van der Waals surface area contributed by atoms with Gasteiger partial charge in [-0.25, -0.2) is 0 Å². The smallest absolute Gasteiger partial charge is 0.164 e. The maximum absolute atomic E-state index is 4.40. The van der Waals surface area contributed by atoms with Gasteiger partial charge in [0.2, 0.25) is 0 Å². The number of halogens is 1. The topological polar surface area (TPSA) is 30.7 Å². The van der Waals surface area contributed by atoms with Crippen LogP contribution in [0.3, 0.4) is 0 Å². The number of alkyl halides is 1. The van der Waals surface area contributed by atoms with Gasteiger partial charge in [0.15, 0.2) is 5.82 Å². The molecular formula is C17H24BrN3. The van der Waals surface area contributed by atoms with Gasteiger partial charge < -0.3 is 4.57 Å². The zero-order valence-corrected chi connectivity index (χ0v) is 15.3. The summed E-state index contributed by atoms with van der Waals surface area (Å²) in [6.45, 7) is 13.2. The van der Waals surface area contributed by atoms with Crippen molar-refractivity contribution in [3.05, 3.63) is 35.7 Å². The third-order valence-electron chi connectivity index (χ3n) is 3.53. The standard InChI is InChI=1S/C17H24BrN3/c1-16(2,3)13-9-7-12(8-10-13)15-20-19-14(11-18)21(15)17(4,5)6/h7-10H,11H2,1-6H3. The number of rotatable bonds is 2. The summed E-state index contributed by atoms with van der Waals surface area (Å²) in [5.41, 5.74) is 2.55. The fraction of sp³-hybridized carbons (Fsp3) is 0.529. The lowest BCUT2D eigenvalue weighted by molar-refractivity contribution is 0.391. The molecule has 0 saturated carbocycles. The lowest BCUT2D eigenvalue weighted by Gasteiger charge is -2.25. The third-order valence-corrected chi connectivity index (χ3v) is 4.03. The zero-order chi connectivity index (χ0) is 15.8. The summed E-state index contributed by atoms with van der Waals surface area (Å²) in [6, 6.07) is 8.66. The van der Waals surface area contributed by atoms with Crippen LogP contribution in [0.15, 0.2) is 24.3 Å². The van der Waals surface area contributed by atoms with Gasteiger partial charge in [-0.3, -0.25) is 0 Å². The first kappa shape index (κ1) is 16.2. The largest absolute Gasteiger partial charge is 0.305 e. The molecule has 0 spiro atoms. The Morgan fingerprint density at radius 2 is 1.52 bits per heavy atom. The highest BCUT2D eigenvalue weighted by atomic mass is 79.9. The molecule has 0 fully saturated rings. The van der Waals surface area contributed by atoms with Crippen molar-refractivity contribution in [2.45, 2.75) is 57.8 Å². The second kappa shape index (κ2) is 5.56. The Kier molecular flexibility index (Phi) is 4.29. The third kappa shape index (κ3) is 3.37. The lowest BCUT2D eigenvalue weighted by atomic mass is 9.86. The fourth-order valence-corrected chi connectivity index (χ4v) is 2.78. The van der Waals surface area contributed by atoms with Crippen LogP contribution >= 0.6 is 15.9 Å². The predicted molar refractivity (Wildman–Crippen MR) is 91.8 cm³/mol. The molecule has 4 heteroatoms. The molecule has 114 valence electrons. The Morgan fingerprint density at radius 3 is 1.95 bits per heavy atom. The summed E-state index contributed by atoms with van der Waals surface area (Å²) in [4.78, 5) is 0. The molecule has 1 aromatic carbocycles. The summed E-state index contributed by atoms with van der Waals surface area (Å²) in [5, 5.41) is 9.42. The molecule has 0 atom stereocenters. The molecule has 0 saturated heterocycles. The number of hydrogen-bond donors (Lipinski definition) is 0.